The van der Waals surface area contributed by atoms with Crippen molar-refractivity contribution in [1.82, 2.24) is 0 Å². The largest absolute Gasteiger partial charge is 0.493 e. The first kappa shape index (κ1) is 17.7. The summed E-state index contributed by atoms with van der Waals surface area (Å²) in [5, 5.41) is 1.03. The van der Waals surface area contributed by atoms with E-state index in [1.165, 1.54) is 7.11 Å². The average molecular weight is 372 g/mol. The van der Waals surface area contributed by atoms with E-state index < -0.39 is 0 Å². The molecule has 6 heteroatoms. The Labute approximate surface area is 149 Å². The maximum atomic E-state index is 11.5. The maximum Gasteiger partial charge on any atom is 0.161 e. The van der Waals surface area contributed by atoms with Gasteiger partial charge in [0.2, 0.25) is 0 Å². The molecule has 0 N–H and O–H groups in total. The van der Waals surface area contributed by atoms with Crippen molar-refractivity contribution in [2.75, 3.05) is 14.2 Å². The lowest BCUT2D eigenvalue weighted by Crippen LogP contribution is -1.94. The second kappa shape index (κ2) is 7.73. The number of benzene rings is 2. The molecule has 2 aromatic carbocycles. The fourth-order valence-corrected chi connectivity index (χ4v) is 2.61. The molecular formula is C17H13Cl3O3. The number of rotatable bonds is 5. The lowest BCUT2D eigenvalue weighted by atomic mass is 10.0. The summed E-state index contributed by atoms with van der Waals surface area (Å²) in [7, 11) is 3.07. The predicted octanol–water partition coefficient (Wildman–Crippen LogP) is 5.32. The molecule has 0 radical (unpaired) electrons. The third-order valence-corrected chi connectivity index (χ3v) is 4.38. The summed E-state index contributed by atoms with van der Waals surface area (Å²) in [6.07, 6.45) is 0.679. The molecule has 120 valence electrons. The topological polar surface area (TPSA) is 35.5 Å². The zero-order valence-corrected chi connectivity index (χ0v) is 14.7. The first-order valence-corrected chi connectivity index (χ1v) is 7.68. The fraction of sp³-hybridized carbons (Fsp3) is 0.118. The Hall–Kier alpha value is -1.68. The highest BCUT2D eigenvalue weighted by atomic mass is 35.5. The molecule has 0 aliphatic carbocycles. The van der Waals surface area contributed by atoms with Gasteiger partial charge in [0.05, 0.1) is 29.3 Å². The average Bonchev–Trinajstić information content (AvgIpc) is 2.57. The van der Waals surface area contributed by atoms with Crippen LogP contribution in [0.4, 0.5) is 0 Å². The van der Waals surface area contributed by atoms with Crippen LogP contribution in [0.2, 0.25) is 10.0 Å². The minimum Gasteiger partial charge on any atom is -0.493 e. The number of allylic oxidation sites excluding steroid dienone is 1. The monoisotopic (exact) mass is 370 g/mol. The molecule has 0 unspecified atom stereocenters. The molecule has 2 aromatic rings. The number of ether oxygens (including phenoxy) is 2. The molecule has 2 rings (SSSR count). The van der Waals surface area contributed by atoms with Gasteiger partial charge >= 0.3 is 0 Å². The molecule has 0 spiro atoms. The molecule has 0 bridgehead atoms. The van der Waals surface area contributed by atoms with Gasteiger partial charge in [0.15, 0.2) is 17.8 Å². The van der Waals surface area contributed by atoms with Gasteiger partial charge in [0, 0.05) is 5.57 Å². The van der Waals surface area contributed by atoms with Gasteiger partial charge < -0.3 is 9.47 Å². The van der Waals surface area contributed by atoms with Crippen LogP contribution in [0, 0.1) is 0 Å². The van der Waals surface area contributed by atoms with Crippen molar-refractivity contribution in [3.63, 3.8) is 0 Å². The smallest absolute Gasteiger partial charge is 0.161 e. The molecular weight excluding hydrogens is 359 g/mol. The van der Waals surface area contributed by atoms with Crippen molar-refractivity contribution < 1.29 is 14.3 Å². The molecule has 0 aromatic heterocycles. The highest BCUT2D eigenvalue weighted by Crippen LogP contribution is 2.36. The van der Waals surface area contributed by atoms with Gasteiger partial charge in [0.25, 0.3) is 0 Å². The predicted molar refractivity (Wildman–Crippen MR) is 94.7 cm³/mol. The highest BCUT2D eigenvalue weighted by Gasteiger charge is 2.13. The van der Waals surface area contributed by atoms with Crippen LogP contribution in [0.1, 0.15) is 11.1 Å². The van der Waals surface area contributed by atoms with Gasteiger partial charge in [-0.2, -0.15) is 0 Å². The number of hydrogen-bond donors (Lipinski definition) is 0. The summed E-state index contributed by atoms with van der Waals surface area (Å²) in [6, 6.07) is 10.0. The van der Waals surface area contributed by atoms with Crippen LogP contribution in [-0.4, -0.2) is 20.5 Å². The van der Waals surface area contributed by atoms with Crippen molar-refractivity contribution in [1.29, 1.82) is 0 Å². The second-order valence-corrected chi connectivity index (χ2v) is 5.74. The molecule has 0 atom stereocenters. The number of carbonyl (C=O) groups excluding carboxylic acids is 1. The Bertz CT molecular complexity index is 770. The van der Waals surface area contributed by atoms with Crippen LogP contribution in [0.25, 0.3) is 10.6 Å². The molecule has 0 aliphatic rings. The van der Waals surface area contributed by atoms with Crippen molar-refractivity contribution in [2.24, 2.45) is 0 Å². The summed E-state index contributed by atoms with van der Waals surface area (Å²) in [4.78, 5) is 11.5. The quantitative estimate of drug-likeness (QED) is 0.405. The lowest BCUT2D eigenvalue weighted by molar-refractivity contribution is -0.103. The highest BCUT2D eigenvalue weighted by molar-refractivity contribution is 6.56. The van der Waals surface area contributed by atoms with Gasteiger partial charge in [-0.1, -0.05) is 40.9 Å². The van der Waals surface area contributed by atoms with Gasteiger partial charge in [-0.05, 0) is 41.5 Å². The van der Waals surface area contributed by atoms with Crippen LogP contribution in [-0.2, 0) is 4.79 Å². The minimum atomic E-state index is 0.277. The number of aldehydes is 1. The Morgan fingerprint density at radius 2 is 1.57 bits per heavy atom. The molecule has 0 saturated heterocycles. The van der Waals surface area contributed by atoms with Crippen LogP contribution in [0.3, 0.4) is 0 Å². The van der Waals surface area contributed by atoms with Crippen LogP contribution < -0.4 is 9.47 Å². The Kier molecular flexibility index (Phi) is 5.94. The van der Waals surface area contributed by atoms with Crippen LogP contribution >= 0.6 is 34.8 Å². The van der Waals surface area contributed by atoms with E-state index in [2.05, 4.69) is 0 Å². The Balaban J connectivity index is 2.56. The molecule has 0 heterocycles. The molecule has 23 heavy (non-hydrogen) atoms. The third kappa shape index (κ3) is 3.81. The van der Waals surface area contributed by atoms with E-state index in [4.69, 9.17) is 44.3 Å². The van der Waals surface area contributed by atoms with Gasteiger partial charge in [-0.15, -0.1) is 0 Å². The van der Waals surface area contributed by atoms with E-state index in [0.29, 0.717) is 44.5 Å². The number of hydrogen-bond acceptors (Lipinski definition) is 3. The first-order valence-electron chi connectivity index (χ1n) is 6.54. The molecule has 0 aliphatic heterocycles. The summed E-state index contributed by atoms with van der Waals surface area (Å²) < 4.78 is 10.4. The van der Waals surface area contributed by atoms with Gasteiger partial charge in [-0.3, -0.25) is 4.79 Å². The second-order valence-electron chi connectivity index (χ2n) is 4.54. The van der Waals surface area contributed by atoms with Crippen molar-refractivity contribution in [2.45, 2.75) is 0 Å². The standard InChI is InChI=1S/C17H13Cl3O3/c1-22-15-6-4-11(8-16(15)23-2)17(20)12(9-21)10-3-5-13(18)14(19)7-10/h3-9H,1-2H3/b17-12+. The maximum absolute atomic E-state index is 11.5. The van der Waals surface area contributed by atoms with E-state index in [0.717, 1.165) is 0 Å². The molecule has 0 fully saturated rings. The Morgan fingerprint density at radius 3 is 2.13 bits per heavy atom. The van der Waals surface area contributed by atoms with E-state index in [1.807, 2.05) is 0 Å². The van der Waals surface area contributed by atoms with E-state index >= 15 is 0 Å². The summed E-state index contributed by atoms with van der Waals surface area (Å²) in [6.45, 7) is 0. The molecule has 0 saturated carbocycles. The lowest BCUT2D eigenvalue weighted by Gasteiger charge is -2.11. The summed E-state index contributed by atoms with van der Waals surface area (Å²) in [5.41, 5.74) is 1.50. The SMILES string of the molecule is COc1ccc(/C(Cl)=C(/C=O)c2ccc(Cl)c(Cl)c2)cc1OC. The van der Waals surface area contributed by atoms with E-state index in [9.17, 15) is 4.79 Å². The molecule has 3 nitrogen and oxygen atoms in total. The van der Waals surface area contributed by atoms with Crippen LogP contribution in [0.15, 0.2) is 36.4 Å². The summed E-state index contributed by atoms with van der Waals surface area (Å²) >= 11 is 18.3. The minimum absolute atomic E-state index is 0.277. The third-order valence-electron chi connectivity index (χ3n) is 3.22. The van der Waals surface area contributed by atoms with Crippen molar-refractivity contribution in [3.05, 3.63) is 57.6 Å². The van der Waals surface area contributed by atoms with Gasteiger partial charge in [0.1, 0.15) is 0 Å². The number of carbonyl (C=O) groups is 1. The van der Waals surface area contributed by atoms with Crippen LogP contribution in [0.5, 0.6) is 11.5 Å². The van der Waals surface area contributed by atoms with E-state index in [1.54, 1.807) is 43.5 Å². The van der Waals surface area contributed by atoms with Crippen molar-refractivity contribution in [3.8, 4) is 11.5 Å². The zero-order chi connectivity index (χ0) is 17.0. The first-order chi connectivity index (χ1) is 11.0. The number of halogens is 3. The van der Waals surface area contributed by atoms with E-state index in [-0.39, 0.29) is 5.03 Å². The zero-order valence-electron chi connectivity index (χ0n) is 12.4. The molecule has 0 amide bonds. The fourth-order valence-electron chi connectivity index (χ4n) is 2.04. The normalized spacial score (nSPS) is 11.7. The van der Waals surface area contributed by atoms with Crippen molar-refractivity contribution >= 4 is 51.7 Å². The number of methoxy groups -OCH3 is 2. The Morgan fingerprint density at radius 1 is 0.913 bits per heavy atom. The van der Waals surface area contributed by atoms with Gasteiger partial charge in [-0.25, -0.2) is 0 Å². The summed E-state index contributed by atoms with van der Waals surface area (Å²) in [5.74, 6) is 1.09.